The fourth-order valence-electron chi connectivity index (χ4n) is 2.43. The maximum atomic E-state index is 9.42. The number of aliphatic hydroxyl groups excluding tert-OH is 1. The zero-order valence-electron chi connectivity index (χ0n) is 13.3. The van der Waals surface area contributed by atoms with Crippen molar-refractivity contribution in [3.63, 3.8) is 0 Å². The number of benzene rings is 1. The largest absolute Gasteiger partial charge is 0.396 e. The van der Waals surface area contributed by atoms with Gasteiger partial charge in [0.05, 0.1) is 0 Å². The van der Waals surface area contributed by atoms with Crippen LogP contribution in [0.2, 0.25) is 0 Å². The first kappa shape index (κ1) is 16.2. The second-order valence-corrected chi connectivity index (χ2v) is 6.25. The minimum absolute atomic E-state index is 0.272. The zero-order chi connectivity index (χ0) is 14.6. The van der Waals surface area contributed by atoms with Gasteiger partial charge in [0.2, 0.25) is 0 Å². The Labute approximate surface area is 118 Å². The first-order valence-electron chi connectivity index (χ1n) is 7.21. The minimum Gasteiger partial charge on any atom is -0.396 e. The van der Waals surface area contributed by atoms with Crippen LogP contribution in [0.1, 0.15) is 36.1 Å². The van der Waals surface area contributed by atoms with Gasteiger partial charge in [-0.2, -0.15) is 0 Å². The van der Waals surface area contributed by atoms with E-state index in [9.17, 15) is 5.11 Å². The Morgan fingerprint density at radius 3 is 2.16 bits per heavy atom. The van der Waals surface area contributed by atoms with Gasteiger partial charge in [0.25, 0.3) is 0 Å². The molecule has 19 heavy (non-hydrogen) atoms. The Morgan fingerprint density at radius 2 is 1.63 bits per heavy atom. The number of aliphatic hydroxyl groups is 1. The fraction of sp³-hybridized carbons (Fsp3) is 0.647. The molecule has 1 rings (SSSR count). The third-order valence-corrected chi connectivity index (χ3v) is 4.12. The molecule has 0 radical (unpaired) electrons. The van der Waals surface area contributed by atoms with Crippen LogP contribution >= 0.6 is 0 Å². The fourth-order valence-corrected chi connectivity index (χ4v) is 2.43. The summed E-state index contributed by atoms with van der Waals surface area (Å²) in [6.07, 6.45) is 0. The van der Waals surface area contributed by atoms with Crippen LogP contribution in [-0.4, -0.2) is 30.2 Å². The lowest BCUT2D eigenvalue weighted by molar-refractivity contribution is 0.143. The molecule has 0 aliphatic carbocycles. The molecular weight excluding hydrogens is 234 g/mol. The van der Waals surface area contributed by atoms with Crippen molar-refractivity contribution in [2.45, 2.75) is 41.2 Å². The summed E-state index contributed by atoms with van der Waals surface area (Å²) >= 11 is 0. The van der Waals surface area contributed by atoms with Gasteiger partial charge in [-0.1, -0.05) is 26.0 Å². The molecule has 1 unspecified atom stereocenters. The average Bonchev–Trinajstić information content (AvgIpc) is 2.32. The SMILES string of the molecule is Cc1cc(C)c(CN(C)CC(CO)C(C)C)cc1C. The molecule has 0 heterocycles. The predicted molar refractivity (Wildman–Crippen MR) is 82.4 cm³/mol. The van der Waals surface area contributed by atoms with E-state index in [1.54, 1.807) is 0 Å². The van der Waals surface area contributed by atoms with E-state index in [1.807, 2.05) is 0 Å². The molecule has 1 atom stereocenters. The van der Waals surface area contributed by atoms with Crippen LogP contribution in [0.3, 0.4) is 0 Å². The third-order valence-electron chi connectivity index (χ3n) is 4.12. The summed E-state index contributed by atoms with van der Waals surface area (Å²) in [6.45, 7) is 13.0. The minimum atomic E-state index is 0.272. The molecule has 0 amide bonds. The van der Waals surface area contributed by atoms with E-state index >= 15 is 0 Å². The van der Waals surface area contributed by atoms with Crippen molar-refractivity contribution in [2.24, 2.45) is 11.8 Å². The van der Waals surface area contributed by atoms with Crippen molar-refractivity contribution in [3.05, 3.63) is 34.4 Å². The molecule has 2 heteroatoms. The Hall–Kier alpha value is -0.860. The summed E-state index contributed by atoms with van der Waals surface area (Å²) in [7, 11) is 2.14. The molecule has 1 aromatic rings. The molecule has 0 saturated carbocycles. The second-order valence-electron chi connectivity index (χ2n) is 6.25. The van der Waals surface area contributed by atoms with Crippen molar-refractivity contribution in [1.82, 2.24) is 4.90 Å². The van der Waals surface area contributed by atoms with Gasteiger partial charge in [-0.3, -0.25) is 0 Å². The second kappa shape index (κ2) is 7.06. The molecule has 0 fully saturated rings. The van der Waals surface area contributed by atoms with Crippen LogP contribution in [0.5, 0.6) is 0 Å². The van der Waals surface area contributed by atoms with Gasteiger partial charge < -0.3 is 10.0 Å². The standard InChI is InChI=1S/C17H29NO/c1-12(2)17(11-19)10-18(6)9-16-8-14(4)13(3)7-15(16)5/h7-8,12,17,19H,9-11H2,1-6H3. The Bertz CT molecular complexity index is 412. The van der Waals surface area contributed by atoms with E-state index in [4.69, 9.17) is 0 Å². The van der Waals surface area contributed by atoms with Crippen molar-refractivity contribution < 1.29 is 5.11 Å². The average molecular weight is 263 g/mol. The van der Waals surface area contributed by atoms with Crippen LogP contribution in [-0.2, 0) is 6.54 Å². The number of rotatable bonds is 6. The zero-order valence-corrected chi connectivity index (χ0v) is 13.3. The van der Waals surface area contributed by atoms with Gasteiger partial charge in [-0.15, -0.1) is 0 Å². The molecule has 0 aliphatic heterocycles. The lowest BCUT2D eigenvalue weighted by Gasteiger charge is -2.26. The number of aryl methyl sites for hydroxylation is 3. The Kier molecular flexibility index (Phi) is 6.02. The molecule has 0 aromatic heterocycles. The van der Waals surface area contributed by atoms with Gasteiger partial charge in [0.1, 0.15) is 0 Å². The predicted octanol–water partition coefficient (Wildman–Crippen LogP) is 3.31. The first-order chi connectivity index (χ1) is 8.85. The van der Waals surface area contributed by atoms with E-state index < -0.39 is 0 Å². The monoisotopic (exact) mass is 263 g/mol. The molecule has 108 valence electrons. The molecule has 0 aliphatic rings. The Balaban J connectivity index is 2.71. The molecule has 0 spiro atoms. The summed E-state index contributed by atoms with van der Waals surface area (Å²) in [6, 6.07) is 4.56. The highest BCUT2D eigenvalue weighted by Gasteiger charge is 2.15. The van der Waals surface area contributed by atoms with E-state index in [0.717, 1.165) is 13.1 Å². The van der Waals surface area contributed by atoms with Gasteiger partial charge in [-0.25, -0.2) is 0 Å². The van der Waals surface area contributed by atoms with Crippen molar-refractivity contribution in [1.29, 1.82) is 0 Å². The van der Waals surface area contributed by atoms with E-state index in [0.29, 0.717) is 11.8 Å². The number of hydrogen-bond acceptors (Lipinski definition) is 2. The maximum Gasteiger partial charge on any atom is 0.0473 e. The molecule has 1 aromatic carbocycles. The number of nitrogens with zero attached hydrogens (tertiary/aromatic N) is 1. The van der Waals surface area contributed by atoms with Crippen molar-refractivity contribution >= 4 is 0 Å². The van der Waals surface area contributed by atoms with Gasteiger partial charge in [0, 0.05) is 19.7 Å². The smallest absolute Gasteiger partial charge is 0.0473 e. The Morgan fingerprint density at radius 1 is 1.05 bits per heavy atom. The highest BCUT2D eigenvalue weighted by molar-refractivity contribution is 5.36. The normalized spacial score (nSPS) is 13.3. The molecule has 0 bridgehead atoms. The maximum absolute atomic E-state index is 9.42. The van der Waals surface area contributed by atoms with Gasteiger partial charge in [-0.05, 0) is 61.9 Å². The molecule has 2 nitrogen and oxygen atoms in total. The lowest BCUT2D eigenvalue weighted by Crippen LogP contribution is -2.30. The van der Waals surface area contributed by atoms with E-state index in [1.165, 1.54) is 22.3 Å². The summed E-state index contributed by atoms with van der Waals surface area (Å²) in [5.41, 5.74) is 5.47. The first-order valence-corrected chi connectivity index (χ1v) is 7.21. The summed E-state index contributed by atoms with van der Waals surface area (Å²) in [4.78, 5) is 2.32. The molecular formula is C17H29NO. The van der Waals surface area contributed by atoms with Crippen LogP contribution in [0, 0.1) is 32.6 Å². The van der Waals surface area contributed by atoms with Crippen molar-refractivity contribution in [2.75, 3.05) is 20.2 Å². The quantitative estimate of drug-likeness (QED) is 0.851. The van der Waals surface area contributed by atoms with E-state index in [2.05, 4.69) is 58.7 Å². The van der Waals surface area contributed by atoms with Gasteiger partial charge >= 0.3 is 0 Å². The molecule has 0 saturated heterocycles. The summed E-state index contributed by atoms with van der Waals surface area (Å²) in [5.74, 6) is 0.880. The van der Waals surface area contributed by atoms with Crippen LogP contribution in [0.4, 0.5) is 0 Å². The lowest BCUT2D eigenvalue weighted by atomic mass is 9.95. The summed E-state index contributed by atoms with van der Waals surface area (Å²) in [5, 5.41) is 9.42. The summed E-state index contributed by atoms with van der Waals surface area (Å²) < 4.78 is 0. The molecule has 1 N–H and O–H groups in total. The third kappa shape index (κ3) is 4.63. The van der Waals surface area contributed by atoms with Crippen LogP contribution in [0.25, 0.3) is 0 Å². The van der Waals surface area contributed by atoms with Gasteiger partial charge in [0.15, 0.2) is 0 Å². The highest BCUT2D eigenvalue weighted by atomic mass is 16.3. The van der Waals surface area contributed by atoms with Crippen LogP contribution in [0.15, 0.2) is 12.1 Å². The van der Waals surface area contributed by atoms with Crippen LogP contribution < -0.4 is 0 Å². The highest BCUT2D eigenvalue weighted by Crippen LogP contribution is 2.18. The van der Waals surface area contributed by atoms with E-state index in [-0.39, 0.29) is 6.61 Å². The topological polar surface area (TPSA) is 23.5 Å². The van der Waals surface area contributed by atoms with Crippen molar-refractivity contribution in [3.8, 4) is 0 Å². The number of hydrogen-bond donors (Lipinski definition) is 1.